The Labute approximate surface area is 194 Å². The van der Waals surface area contributed by atoms with E-state index in [1.807, 2.05) is 0 Å². The summed E-state index contributed by atoms with van der Waals surface area (Å²) in [5, 5.41) is 21.5. The molecule has 2 heteroatoms. The van der Waals surface area contributed by atoms with Crippen LogP contribution in [0.3, 0.4) is 0 Å². The Hall–Kier alpha value is -0.340. The van der Waals surface area contributed by atoms with Crippen molar-refractivity contribution >= 4 is 0 Å². The highest BCUT2D eigenvalue weighted by molar-refractivity contribution is 5.25. The lowest BCUT2D eigenvalue weighted by molar-refractivity contribution is -0.0693. The molecule has 2 N–H and O–H groups in total. The molecule has 4 aliphatic rings. The van der Waals surface area contributed by atoms with Crippen LogP contribution in [0.5, 0.6) is 0 Å². The molecular formula is C28H48O2. The molecule has 0 aromatic heterocycles. The van der Waals surface area contributed by atoms with E-state index in [-0.39, 0.29) is 29.3 Å². The summed E-state index contributed by atoms with van der Waals surface area (Å²) in [6, 6.07) is 0. The van der Waals surface area contributed by atoms with Gasteiger partial charge in [0.1, 0.15) is 0 Å². The first-order valence-electron chi connectivity index (χ1n) is 15.6. The minimum absolute atomic E-state index is 0.00274. The van der Waals surface area contributed by atoms with Gasteiger partial charge in [-0.2, -0.15) is 0 Å². The zero-order valence-corrected chi connectivity index (χ0v) is 19.5. The van der Waals surface area contributed by atoms with Gasteiger partial charge in [-0.1, -0.05) is 53.0 Å². The monoisotopic (exact) mass is 422 g/mol. The SMILES string of the molecule is [2H]C([2H])([2H])C([C@H](C)C[C@@H](O)[C@@H](C)[C@H]1CC[C@H]2[C@@H]3CC=C4C[C@@H](O)CC[C@]4(C)[C@H]3CC[C@]12C)C([2H])([2H])[2H]. The van der Waals surface area contributed by atoms with Gasteiger partial charge >= 0.3 is 0 Å². The predicted octanol–water partition coefficient (Wildman–Crippen LogP) is 6.61. The van der Waals surface area contributed by atoms with Gasteiger partial charge < -0.3 is 10.2 Å². The molecule has 0 radical (unpaired) electrons. The van der Waals surface area contributed by atoms with Crippen LogP contribution in [0, 0.1) is 52.3 Å². The number of fused-ring (bicyclic) bond motifs is 5. The second kappa shape index (κ2) is 8.22. The van der Waals surface area contributed by atoms with Gasteiger partial charge in [0, 0.05) is 8.22 Å². The fourth-order valence-electron chi connectivity index (χ4n) is 8.55. The summed E-state index contributed by atoms with van der Waals surface area (Å²) in [4.78, 5) is 0. The second-order valence-corrected chi connectivity index (χ2v) is 12.0. The molecule has 0 aliphatic heterocycles. The predicted molar refractivity (Wildman–Crippen MR) is 125 cm³/mol. The van der Waals surface area contributed by atoms with E-state index in [4.69, 9.17) is 8.22 Å². The third-order valence-corrected chi connectivity index (χ3v) is 10.6. The molecular weight excluding hydrogens is 368 g/mol. The quantitative estimate of drug-likeness (QED) is 0.490. The van der Waals surface area contributed by atoms with Crippen LogP contribution in [0.25, 0.3) is 0 Å². The average Bonchev–Trinajstić information content (AvgIpc) is 3.08. The number of rotatable bonds is 5. The van der Waals surface area contributed by atoms with E-state index in [1.165, 1.54) is 18.4 Å². The zero-order valence-electron chi connectivity index (χ0n) is 25.5. The summed E-state index contributed by atoms with van der Waals surface area (Å²) in [5.41, 5.74) is 1.84. The molecule has 0 bridgehead atoms. The molecule has 0 heterocycles. The number of aliphatic hydroxyl groups excluding tert-OH is 2. The van der Waals surface area contributed by atoms with Gasteiger partial charge in [-0.05, 0) is 110 Å². The van der Waals surface area contributed by atoms with Gasteiger partial charge in [-0.25, -0.2) is 0 Å². The summed E-state index contributed by atoms with van der Waals surface area (Å²) in [5.74, 6) is 0.253. The fourth-order valence-corrected chi connectivity index (χ4v) is 8.55. The van der Waals surface area contributed by atoms with Crippen LogP contribution in [0.2, 0.25) is 0 Å². The number of hydrogen-bond acceptors (Lipinski definition) is 2. The lowest BCUT2D eigenvalue weighted by Gasteiger charge is -2.58. The molecule has 2 nitrogen and oxygen atoms in total. The van der Waals surface area contributed by atoms with E-state index < -0.39 is 31.6 Å². The minimum atomic E-state index is -2.57. The van der Waals surface area contributed by atoms with Crippen LogP contribution in [-0.4, -0.2) is 22.4 Å². The first kappa shape index (κ1) is 16.3. The highest BCUT2D eigenvalue weighted by atomic mass is 16.3. The Morgan fingerprint density at radius 3 is 2.60 bits per heavy atom. The van der Waals surface area contributed by atoms with E-state index in [9.17, 15) is 10.2 Å². The normalized spacial score (nSPS) is 50.2. The standard InChI is InChI=1S/C28H48O2/c1-17(2)18(3)15-26(30)19(4)23-9-10-24-22-8-7-20-16-21(29)11-13-27(20,5)25(22)12-14-28(23,24)6/h7,17-19,21-26,29-30H,8-16H2,1-6H3/t18-,19+,21+,22+,23-,24+,25+,26-,27+,28-/m1/s1/i1D3,2D3. The molecule has 3 saturated carbocycles. The van der Waals surface area contributed by atoms with E-state index in [2.05, 4.69) is 26.8 Å². The Morgan fingerprint density at radius 2 is 1.87 bits per heavy atom. The molecule has 4 rings (SSSR count). The summed E-state index contributed by atoms with van der Waals surface area (Å²) in [6.07, 6.45) is 10.3. The largest absolute Gasteiger partial charge is 0.393 e. The summed E-state index contributed by atoms with van der Waals surface area (Å²) in [7, 11) is 0. The van der Waals surface area contributed by atoms with Crippen molar-refractivity contribution in [3.63, 3.8) is 0 Å². The molecule has 0 saturated heterocycles. The fraction of sp³-hybridized carbons (Fsp3) is 0.929. The summed E-state index contributed by atoms with van der Waals surface area (Å²) in [6.45, 7) is 3.50. The molecule has 0 spiro atoms. The molecule has 0 aromatic carbocycles. The summed E-state index contributed by atoms with van der Waals surface area (Å²) < 4.78 is 46.8. The maximum atomic E-state index is 11.3. The number of hydrogen-bond donors (Lipinski definition) is 2. The Balaban J connectivity index is 1.48. The molecule has 0 aromatic rings. The van der Waals surface area contributed by atoms with Crippen molar-refractivity contribution in [2.75, 3.05) is 0 Å². The molecule has 172 valence electrons. The lowest BCUT2D eigenvalue weighted by Crippen LogP contribution is -2.51. The molecule has 30 heavy (non-hydrogen) atoms. The van der Waals surface area contributed by atoms with Crippen LogP contribution < -0.4 is 0 Å². The second-order valence-electron chi connectivity index (χ2n) is 12.0. The summed E-state index contributed by atoms with van der Waals surface area (Å²) >= 11 is 0. The van der Waals surface area contributed by atoms with Crippen LogP contribution in [0.15, 0.2) is 11.6 Å². The van der Waals surface area contributed by atoms with Crippen LogP contribution >= 0.6 is 0 Å². The molecule has 10 atom stereocenters. The Bertz CT molecular complexity index is 823. The first-order valence-corrected chi connectivity index (χ1v) is 12.6. The van der Waals surface area contributed by atoms with Crippen molar-refractivity contribution in [2.24, 2.45) is 52.3 Å². The smallest absolute Gasteiger partial charge is 0.0577 e. The topological polar surface area (TPSA) is 40.5 Å². The number of aliphatic hydroxyl groups is 2. The van der Waals surface area contributed by atoms with Crippen molar-refractivity contribution in [2.45, 2.75) is 111 Å². The minimum Gasteiger partial charge on any atom is -0.393 e. The Morgan fingerprint density at radius 1 is 1.10 bits per heavy atom. The highest BCUT2D eigenvalue weighted by Crippen LogP contribution is 2.67. The third kappa shape index (κ3) is 3.62. The van der Waals surface area contributed by atoms with Gasteiger partial charge in [-0.15, -0.1) is 0 Å². The first-order chi connectivity index (χ1) is 16.5. The third-order valence-electron chi connectivity index (χ3n) is 10.6. The van der Waals surface area contributed by atoms with Gasteiger partial charge in [0.25, 0.3) is 0 Å². The molecule has 0 unspecified atom stereocenters. The van der Waals surface area contributed by atoms with Crippen LogP contribution in [0.1, 0.15) is 107 Å². The van der Waals surface area contributed by atoms with E-state index >= 15 is 0 Å². The Kier molecular flexibility index (Phi) is 4.46. The van der Waals surface area contributed by atoms with E-state index in [0.29, 0.717) is 23.7 Å². The van der Waals surface area contributed by atoms with Crippen molar-refractivity contribution in [1.82, 2.24) is 0 Å². The maximum absolute atomic E-state index is 11.3. The molecule has 3 fully saturated rings. The zero-order chi connectivity index (χ0) is 26.8. The number of allylic oxidation sites excluding steroid dienone is 1. The lowest BCUT2D eigenvalue weighted by atomic mass is 9.47. The molecule has 0 amide bonds. The van der Waals surface area contributed by atoms with Gasteiger partial charge in [0.05, 0.1) is 12.2 Å². The van der Waals surface area contributed by atoms with Crippen molar-refractivity contribution < 1.29 is 18.4 Å². The van der Waals surface area contributed by atoms with Crippen LogP contribution in [0.4, 0.5) is 0 Å². The molecule has 4 aliphatic carbocycles. The maximum Gasteiger partial charge on any atom is 0.0577 e. The average molecular weight is 423 g/mol. The van der Waals surface area contributed by atoms with Crippen molar-refractivity contribution in [3.05, 3.63) is 11.6 Å². The van der Waals surface area contributed by atoms with Crippen LogP contribution in [-0.2, 0) is 0 Å². The van der Waals surface area contributed by atoms with Crippen molar-refractivity contribution in [1.29, 1.82) is 0 Å². The van der Waals surface area contributed by atoms with Gasteiger partial charge in [0.15, 0.2) is 0 Å². The van der Waals surface area contributed by atoms with E-state index in [1.54, 1.807) is 6.92 Å². The van der Waals surface area contributed by atoms with Gasteiger partial charge in [-0.3, -0.25) is 0 Å². The highest BCUT2D eigenvalue weighted by Gasteiger charge is 2.59. The van der Waals surface area contributed by atoms with E-state index in [0.717, 1.165) is 38.5 Å². The van der Waals surface area contributed by atoms with Gasteiger partial charge in [0.2, 0.25) is 0 Å². The van der Waals surface area contributed by atoms with Crippen molar-refractivity contribution in [3.8, 4) is 0 Å².